The predicted octanol–water partition coefficient (Wildman–Crippen LogP) is 2.31. The lowest BCUT2D eigenvalue weighted by molar-refractivity contribution is -0.128. The van der Waals surface area contributed by atoms with E-state index in [2.05, 4.69) is 10.6 Å². The Kier molecular flexibility index (Phi) is 7.38. The summed E-state index contributed by atoms with van der Waals surface area (Å²) in [4.78, 5) is 51.6. The number of carbonyl (C=O) groups excluding carboxylic acids is 2. The van der Waals surface area contributed by atoms with Gasteiger partial charge in [0.25, 0.3) is 5.56 Å². The molecule has 10 heteroatoms. The van der Waals surface area contributed by atoms with E-state index in [1.54, 1.807) is 43.3 Å². The SMILES string of the molecule is CCn1c(=O)c2cc(NC(=O)[C@H]3CNC[C@H]3C(=O)Cc3ccc(C#N)c(Cl)c3)ccc2n(CC)c1=O. The number of amides is 1. The summed E-state index contributed by atoms with van der Waals surface area (Å²) in [6, 6.07) is 11.7. The number of nitrogens with zero attached hydrogens (tertiary/aromatic N) is 3. The van der Waals surface area contributed by atoms with Gasteiger partial charge in [0, 0.05) is 44.2 Å². The number of rotatable bonds is 7. The molecule has 0 radical (unpaired) electrons. The maximum absolute atomic E-state index is 13.1. The van der Waals surface area contributed by atoms with E-state index in [1.165, 1.54) is 9.13 Å². The molecule has 0 saturated carbocycles. The molecule has 0 aliphatic carbocycles. The van der Waals surface area contributed by atoms with Gasteiger partial charge in [-0.05, 0) is 49.7 Å². The Labute approximate surface area is 212 Å². The van der Waals surface area contributed by atoms with Crippen LogP contribution in [0.5, 0.6) is 0 Å². The highest BCUT2D eigenvalue weighted by atomic mass is 35.5. The van der Waals surface area contributed by atoms with E-state index in [4.69, 9.17) is 16.9 Å². The number of nitrogens with one attached hydrogen (secondary N) is 2. The summed E-state index contributed by atoms with van der Waals surface area (Å²) >= 11 is 6.09. The van der Waals surface area contributed by atoms with Crippen LogP contribution in [0.1, 0.15) is 25.0 Å². The first-order chi connectivity index (χ1) is 17.3. The largest absolute Gasteiger partial charge is 0.331 e. The molecule has 1 saturated heterocycles. The summed E-state index contributed by atoms with van der Waals surface area (Å²) in [6.07, 6.45) is 0.0998. The van der Waals surface area contributed by atoms with E-state index in [1.807, 2.05) is 13.0 Å². The van der Waals surface area contributed by atoms with E-state index in [0.29, 0.717) is 47.4 Å². The first kappa shape index (κ1) is 25.4. The second kappa shape index (κ2) is 10.5. The van der Waals surface area contributed by atoms with Crippen LogP contribution in [0.15, 0.2) is 46.0 Å². The highest BCUT2D eigenvalue weighted by molar-refractivity contribution is 6.31. The minimum atomic E-state index is -0.584. The Morgan fingerprint density at radius 3 is 2.47 bits per heavy atom. The lowest BCUT2D eigenvalue weighted by Crippen LogP contribution is -2.39. The van der Waals surface area contributed by atoms with Crippen molar-refractivity contribution in [1.82, 2.24) is 14.5 Å². The van der Waals surface area contributed by atoms with Crippen LogP contribution in [0.4, 0.5) is 5.69 Å². The van der Waals surface area contributed by atoms with E-state index < -0.39 is 17.4 Å². The van der Waals surface area contributed by atoms with Gasteiger partial charge >= 0.3 is 5.69 Å². The molecule has 1 amide bonds. The van der Waals surface area contributed by atoms with Crippen LogP contribution in [0.25, 0.3) is 10.9 Å². The third-order valence-corrected chi connectivity index (χ3v) is 6.93. The molecule has 1 aliphatic heterocycles. The van der Waals surface area contributed by atoms with Gasteiger partial charge in [-0.3, -0.25) is 23.5 Å². The summed E-state index contributed by atoms with van der Waals surface area (Å²) in [5.74, 6) is -1.53. The molecule has 0 unspecified atom stereocenters. The standard InChI is InChI=1S/C26H26ClN5O4/c1-3-31-22-8-7-17(11-18(22)25(35)32(4-2)26(31)36)30-24(34)20-14-29-13-19(20)23(33)10-15-5-6-16(12-28)21(27)9-15/h5-9,11,19-20,29H,3-4,10,13-14H2,1-2H3,(H,30,34)/t19-,20+/m1/s1. The smallest absolute Gasteiger partial charge is 0.326 e. The van der Waals surface area contributed by atoms with Crippen molar-refractivity contribution in [2.24, 2.45) is 11.8 Å². The highest BCUT2D eigenvalue weighted by Gasteiger charge is 2.37. The zero-order valence-electron chi connectivity index (χ0n) is 20.0. The van der Waals surface area contributed by atoms with Gasteiger partial charge in [0.2, 0.25) is 5.91 Å². The second-order valence-corrected chi connectivity index (χ2v) is 9.14. The molecule has 2 heterocycles. The number of halogens is 1. The van der Waals surface area contributed by atoms with Crippen molar-refractivity contribution in [2.75, 3.05) is 18.4 Å². The van der Waals surface area contributed by atoms with Gasteiger partial charge in [0.1, 0.15) is 11.9 Å². The fraction of sp³-hybridized carbons (Fsp3) is 0.346. The zero-order chi connectivity index (χ0) is 26.0. The van der Waals surface area contributed by atoms with Crippen LogP contribution in [-0.4, -0.2) is 33.9 Å². The quantitative estimate of drug-likeness (QED) is 0.505. The van der Waals surface area contributed by atoms with Crippen LogP contribution < -0.4 is 21.9 Å². The van der Waals surface area contributed by atoms with Crippen molar-refractivity contribution in [3.05, 3.63) is 73.4 Å². The third-order valence-electron chi connectivity index (χ3n) is 6.62. The second-order valence-electron chi connectivity index (χ2n) is 8.74. The first-order valence-electron chi connectivity index (χ1n) is 11.8. The van der Waals surface area contributed by atoms with Crippen molar-refractivity contribution in [1.29, 1.82) is 5.26 Å². The number of hydrogen-bond donors (Lipinski definition) is 2. The summed E-state index contributed by atoms with van der Waals surface area (Å²) in [6.45, 7) is 4.94. The number of carbonyl (C=O) groups is 2. The average molecular weight is 508 g/mol. The normalized spacial score (nSPS) is 17.2. The number of Topliss-reactive ketones (excluding diaryl/α,β-unsaturated/α-hetero) is 1. The fourth-order valence-electron chi connectivity index (χ4n) is 4.70. The van der Waals surface area contributed by atoms with Gasteiger partial charge < -0.3 is 10.6 Å². The molecule has 1 aliphatic rings. The molecular weight excluding hydrogens is 482 g/mol. The number of ketones is 1. The van der Waals surface area contributed by atoms with Gasteiger partial charge in [0.05, 0.1) is 27.4 Å². The van der Waals surface area contributed by atoms with Crippen molar-refractivity contribution >= 4 is 39.9 Å². The van der Waals surface area contributed by atoms with Crippen molar-refractivity contribution in [3.63, 3.8) is 0 Å². The minimum Gasteiger partial charge on any atom is -0.326 e. The third kappa shape index (κ3) is 4.70. The molecule has 1 fully saturated rings. The topological polar surface area (TPSA) is 126 Å². The molecule has 4 rings (SSSR count). The number of benzene rings is 2. The molecule has 0 bridgehead atoms. The Bertz CT molecular complexity index is 1520. The molecule has 0 spiro atoms. The van der Waals surface area contributed by atoms with E-state index in [-0.39, 0.29) is 35.4 Å². The highest BCUT2D eigenvalue weighted by Crippen LogP contribution is 2.24. The molecule has 36 heavy (non-hydrogen) atoms. The van der Waals surface area contributed by atoms with Crippen LogP contribution in [-0.2, 0) is 29.1 Å². The van der Waals surface area contributed by atoms with Crippen molar-refractivity contribution in [2.45, 2.75) is 33.4 Å². The molecule has 186 valence electrons. The van der Waals surface area contributed by atoms with Crippen LogP contribution >= 0.6 is 11.6 Å². The number of hydrogen-bond acceptors (Lipinski definition) is 6. The lowest BCUT2D eigenvalue weighted by Gasteiger charge is -2.18. The summed E-state index contributed by atoms with van der Waals surface area (Å²) < 4.78 is 2.69. The van der Waals surface area contributed by atoms with Crippen LogP contribution in [0.3, 0.4) is 0 Å². The molecule has 9 nitrogen and oxygen atoms in total. The lowest BCUT2D eigenvalue weighted by atomic mass is 9.88. The zero-order valence-corrected chi connectivity index (χ0v) is 20.8. The number of aryl methyl sites for hydroxylation is 1. The molecule has 3 aromatic rings. The van der Waals surface area contributed by atoms with Gasteiger partial charge in [0.15, 0.2) is 0 Å². The van der Waals surface area contributed by atoms with E-state index in [9.17, 15) is 19.2 Å². The molecular formula is C26H26ClN5O4. The number of nitriles is 1. The fourth-order valence-corrected chi connectivity index (χ4v) is 4.95. The Morgan fingerprint density at radius 1 is 1.08 bits per heavy atom. The summed E-state index contributed by atoms with van der Waals surface area (Å²) in [7, 11) is 0. The maximum Gasteiger partial charge on any atom is 0.331 e. The van der Waals surface area contributed by atoms with E-state index in [0.717, 1.165) is 0 Å². The monoisotopic (exact) mass is 507 g/mol. The number of anilines is 1. The van der Waals surface area contributed by atoms with Gasteiger partial charge in [-0.1, -0.05) is 17.7 Å². The van der Waals surface area contributed by atoms with Crippen LogP contribution in [0, 0.1) is 23.2 Å². The average Bonchev–Trinajstić information content (AvgIpc) is 3.36. The number of fused-ring (bicyclic) bond motifs is 1. The molecule has 2 N–H and O–H groups in total. The van der Waals surface area contributed by atoms with E-state index >= 15 is 0 Å². The Hall–Kier alpha value is -3.74. The minimum absolute atomic E-state index is 0.0998. The van der Waals surface area contributed by atoms with Crippen LogP contribution in [0.2, 0.25) is 5.02 Å². The predicted molar refractivity (Wildman–Crippen MR) is 137 cm³/mol. The van der Waals surface area contributed by atoms with Gasteiger partial charge in [-0.25, -0.2) is 4.79 Å². The molecule has 1 aromatic heterocycles. The first-order valence-corrected chi connectivity index (χ1v) is 12.2. The van der Waals surface area contributed by atoms with Gasteiger partial charge in [-0.15, -0.1) is 0 Å². The molecule has 2 atom stereocenters. The number of aromatic nitrogens is 2. The maximum atomic E-state index is 13.1. The Morgan fingerprint density at radius 2 is 1.81 bits per heavy atom. The Balaban J connectivity index is 1.55. The summed E-state index contributed by atoms with van der Waals surface area (Å²) in [5, 5.41) is 15.6. The molecule has 2 aromatic carbocycles. The van der Waals surface area contributed by atoms with Gasteiger partial charge in [-0.2, -0.15) is 5.26 Å². The van der Waals surface area contributed by atoms with Crippen molar-refractivity contribution in [3.8, 4) is 6.07 Å². The summed E-state index contributed by atoms with van der Waals surface area (Å²) in [5.41, 5.74) is 1.17. The van der Waals surface area contributed by atoms with Crippen molar-refractivity contribution < 1.29 is 9.59 Å².